The molecule has 0 aliphatic rings. The third-order valence-corrected chi connectivity index (χ3v) is 1.95. The maximum absolute atomic E-state index is 8.75. The van der Waals surface area contributed by atoms with Crippen LogP contribution in [0.5, 0.6) is 5.75 Å². The van der Waals surface area contributed by atoms with Crippen LogP contribution in [0, 0.1) is 18.3 Å². The van der Waals surface area contributed by atoms with Crippen LogP contribution in [-0.2, 0) is 0 Å². The Morgan fingerprint density at radius 2 is 2.14 bits per heavy atom. The fourth-order valence-corrected chi connectivity index (χ4v) is 1.23. The maximum Gasteiger partial charge on any atom is 0.120 e. The van der Waals surface area contributed by atoms with E-state index in [-0.39, 0.29) is 0 Å². The number of unbranched alkanes of at least 4 members (excludes halogenated alkanes) is 1. The zero-order chi connectivity index (χ0) is 10.4. The molecule has 2 nitrogen and oxygen atoms in total. The summed E-state index contributed by atoms with van der Waals surface area (Å²) >= 11 is 0. The lowest BCUT2D eigenvalue weighted by atomic mass is 10.1. The summed E-state index contributed by atoms with van der Waals surface area (Å²) in [6.45, 7) is 4.82. The highest BCUT2D eigenvalue weighted by Gasteiger charge is 1.98. The number of aryl methyl sites for hydroxylation is 1. The highest BCUT2D eigenvalue weighted by molar-refractivity contribution is 5.40. The van der Waals surface area contributed by atoms with Gasteiger partial charge in [-0.2, -0.15) is 5.26 Å². The van der Waals surface area contributed by atoms with E-state index in [1.807, 2.05) is 19.1 Å². The second-order valence-electron chi connectivity index (χ2n) is 3.35. The molecule has 1 rings (SSSR count). The van der Waals surface area contributed by atoms with Gasteiger partial charge in [0.15, 0.2) is 0 Å². The first-order valence-corrected chi connectivity index (χ1v) is 4.91. The van der Waals surface area contributed by atoms with Gasteiger partial charge in [0.1, 0.15) is 5.75 Å². The fourth-order valence-electron chi connectivity index (χ4n) is 1.23. The summed E-state index contributed by atoms with van der Waals surface area (Å²) in [5, 5.41) is 8.75. The standard InChI is InChI=1S/C12H15NO/c1-3-4-5-14-12-7-10(2)6-11(8-12)9-13/h6-8H,3-5H2,1-2H3. The molecule has 1 aromatic carbocycles. The Bertz CT molecular complexity index is 339. The number of hydrogen-bond acceptors (Lipinski definition) is 2. The number of ether oxygens (including phenoxy) is 1. The van der Waals surface area contributed by atoms with Crippen molar-refractivity contribution in [2.24, 2.45) is 0 Å². The summed E-state index contributed by atoms with van der Waals surface area (Å²) in [6, 6.07) is 7.71. The minimum Gasteiger partial charge on any atom is -0.494 e. The molecule has 0 unspecified atom stereocenters. The van der Waals surface area contributed by atoms with Gasteiger partial charge in [0.25, 0.3) is 0 Å². The van der Waals surface area contributed by atoms with Gasteiger partial charge in [0.05, 0.1) is 18.2 Å². The Morgan fingerprint density at radius 1 is 1.36 bits per heavy atom. The zero-order valence-electron chi connectivity index (χ0n) is 8.71. The van der Waals surface area contributed by atoms with Crippen molar-refractivity contribution in [2.45, 2.75) is 26.7 Å². The molecular formula is C12H15NO. The monoisotopic (exact) mass is 189 g/mol. The van der Waals surface area contributed by atoms with Gasteiger partial charge in [-0.25, -0.2) is 0 Å². The van der Waals surface area contributed by atoms with Crippen LogP contribution in [0.1, 0.15) is 30.9 Å². The van der Waals surface area contributed by atoms with Crippen LogP contribution in [0.15, 0.2) is 18.2 Å². The molecule has 0 N–H and O–H groups in total. The number of rotatable bonds is 4. The van der Waals surface area contributed by atoms with Crippen molar-refractivity contribution in [3.8, 4) is 11.8 Å². The Balaban J connectivity index is 2.68. The molecule has 1 aromatic rings. The number of hydrogen-bond donors (Lipinski definition) is 0. The fraction of sp³-hybridized carbons (Fsp3) is 0.417. The summed E-state index contributed by atoms with van der Waals surface area (Å²) in [7, 11) is 0. The van der Waals surface area contributed by atoms with Crippen LogP contribution in [0.2, 0.25) is 0 Å². The van der Waals surface area contributed by atoms with Gasteiger partial charge in [-0.15, -0.1) is 0 Å². The van der Waals surface area contributed by atoms with Gasteiger partial charge in [-0.3, -0.25) is 0 Å². The van der Waals surface area contributed by atoms with E-state index in [9.17, 15) is 0 Å². The predicted octanol–water partition coefficient (Wildman–Crippen LogP) is 3.05. The van der Waals surface area contributed by atoms with Crippen molar-refractivity contribution in [1.29, 1.82) is 5.26 Å². The molecule has 0 spiro atoms. The third kappa shape index (κ3) is 3.10. The van der Waals surface area contributed by atoms with Gasteiger partial charge in [0.2, 0.25) is 0 Å². The Kier molecular flexibility index (Phi) is 4.00. The second kappa shape index (κ2) is 5.29. The smallest absolute Gasteiger partial charge is 0.120 e. The molecule has 0 fully saturated rings. The van der Waals surface area contributed by atoms with Crippen molar-refractivity contribution in [1.82, 2.24) is 0 Å². The van der Waals surface area contributed by atoms with Gasteiger partial charge >= 0.3 is 0 Å². The van der Waals surface area contributed by atoms with Gasteiger partial charge in [0, 0.05) is 0 Å². The summed E-state index contributed by atoms with van der Waals surface area (Å²) < 4.78 is 5.52. The van der Waals surface area contributed by atoms with E-state index in [4.69, 9.17) is 10.00 Å². The lowest BCUT2D eigenvalue weighted by Gasteiger charge is -2.06. The van der Waals surface area contributed by atoms with Gasteiger partial charge in [-0.1, -0.05) is 13.3 Å². The molecule has 0 saturated heterocycles. The first kappa shape index (κ1) is 10.6. The zero-order valence-corrected chi connectivity index (χ0v) is 8.71. The van der Waals surface area contributed by atoms with Crippen molar-refractivity contribution in [2.75, 3.05) is 6.61 Å². The Labute approximate surface area is 85.1 Å². The van der Waals surface area contributed by atoms with Crippen LogP contribution >= 0.6 is 0 Å². The number of nitrogens with zero attached hydrogens (tertiary/aromatic N) is 1. The molecule has 2 heteroatoms. The molecular weight excluding hydrogens is 174 g/mol. The van der Waals surface area contributed by atoms with Crippen LogP contribution in [0.3, 0.4) is 0 Å². The molecule has 0 amide bonds. The van der Waals surface area contributed by atoms with Crippen LogP contribution < -0.4 is 4.74 Å². The highest BCUT2D eigenvalue weighted by atomic mass is 16.5. The maximum atomic E-state index is 8.75. The van der Waals surface area contributed by atoms with Crippen molar-refractivity contribution >= 4 is 0 Å². The largest absolute Gasteiger partial charge is 0.494 e. The second-order valence-corrected chi connectivity index (χ2v) is 3.35. The van der Waals surface area contributed by atoms with Crippen molar-refractivity contribution in [3.05, 3.63) is 29.3 Å². The van der Waals surface area contributed by atoms with Gasteiger partial charge < -0.3 is 4.74 Å². The average molecular weight is 189 g/mol. The Hall–Kier alpha value is -1.49. The minimum absolute atomic E-state index is 0.663. The lowest BCUT2D eigenvalue weighted by molar-refractivity contribution is 0.309. The molecule has 0 aliphatic carbocycles. The Morgan fingerprint density at radius 3 is 2.79 bits per heavy atom. The van der Waals surface area contributed by atoms with E-state index in [0.29, 0.717) is 5.56 Å². The highest BCUT2D eigenvalue weighted by Crippen LogP contribution is 2.16. The summed E-state index contributed by atoms with van der Waals surface area (Å²) in [4.78, 5) is 0. The number of nitriles is 1. The molecule has 0 radical (unpaired) electrons. The van der Waals surface area contributed by atoms with Crippen LogP contribution in [0.25, 0.3) is 0 Å². The van der Waals surface area contributed by atoms with Crippen LogP contribution in [0.4, 0.5) is 0 Å². The van der Waals surface area contributed by atoms with Gasteiger partial charge in [-0.05, 0) is 37.1 Å². The van der Waals surface area contributed by atoms with E-state index in [1.54, 1.807) is 6.07 Å². The average Bonchev–Trinajstić information content (AvgIpc) is 2.17. The summed E-state index contributed by atoms with van der Waals surface area (Å²) in [5.41, 5.74) is 1.73. The molecule has 0 atom stereocenters. The molecule has 0 aliphatic heterocycles. The summed E-state index contributed by atoms with van der Waals surface area (Å²) in [5.74, 6) is 0.801. The quantitative estimate of drug-likeness (QED) is 0.682. The number of benzene rings is 1. The van der Waals surface area contributed by atoms with E-state index in [2.05, 4.69) is 13.0 Å². The van der Waals surface area contributed by atoms with E-state index >= 15 is 0 Å². The van der Waals surface area contributed by atoms with Crippen LogP contribution in [-0.4, -0.2) is 6.61 Å². The van der Waals surface area contributed by atoms with E-state index < -0.39 is 0 Å². The SMILES string of the molecule is CCCCOc1cc(C)cc(C#N)c1. The van der Waals surface area contributed by atoms with Crippen molar-refractivity contribution < 1.29 is 4.74 Å². The summed E-state index contributed by atoms with van der Waals surface area (Å²) in [6.07, 6.45) is 2.17. The first-order chi connectivity index (χ1) is 6.76. The first-order valence-electron chi connectivity index (χ1n) is 4.91. The molecule has 74 valence electrons. The molecule has 0 saturated carbocycles. The molecule has 0 heterocycles. The lowest BCUT2D eigenvalue weighted by Crippen LogP contribution is -1.97. The third-order valence-electron chi connectivity index (χ3n) is 1.95. The van der Waals surface area contributed by atoms with E-state index in [0.717, 1.165) is 30.8 Å². The van der Waals surface area contributed by atoms with E-state index in [1.165, 1.54) is 0 Å². The normalized spacial score (nSPS) is 9.50. The minimum atomic E-state index is 0.663. The molecule has 0 bridgehead atoms. The molecule has 0 aromatic heterocycles. The predicted molar refractivity (Wildman–Crippen MR) is 56.3 cm³/mol. The topological polar surface area (TPSA) is 33.0 Å². The van der Waals surface area contributed by atoms with Crippen molar-refractivity contribution in [3.63, 3.8) is 0 Å². The molecule has 14 heavy (non-hydrogen) atoms.